The van der Waals surface area contributed by atoms with Crippen LogP contribution in [0.2, 0.25) is 0 Å². The molecule has 0 bridgehead atoms. The van der Waals surface area contributed by atoms with Gasteiger partial charge >= 0.3 is 0 Å². The largest absolute Gasteiger partial charge is 0.490 e. The minimum Gasteiger partial charge on any atom is -0.490 e. The minimum absolute atomic E-state index is 0.334. The Morgan fingerprint density at radius 3 is 2.20 bits per heavy atom. The first-order valence-corrected chi connectivity index (χ1v) is 10.7. The molecule has 0 aliphatic carbocycles. The number of hydrogen-bond donors (Lipinski definition) is 1. The summed E-state index contributed by atoms with van der Waals surface area (Å²) in [7, 11) is 2.17. The van der Waals surface area contributed by atoms with Gasteiger partial charge in [0.15, 0.2) is 0 Å². The normalized spacial score (nSPS) is 15.1. The van der Waals surface area contributed by atoms with Gasteiger partial charge in [-0.25, -0.2) is 0 Å². The van der Waals surface area contributed by atoms with Gasteiger partial charge in [0.05, 0.1) is 0 Å². The van der Waals surface area contributed by atoms with Crippen LogP contribution in [-0.2, 0) is 13.1 Å². The van der Waals surface area contributed by atoms with Gasteiger partial charge in [0.1, 0.15) is 23.4 Å². The van der Waals surface area contributed by atoms with E-state index in [0.29, 0.717) is 6.10 Å². The number of rotatable bonds is 8. The van der Waals surface area contributed by atoms with Crippen LogP contribution in [0.15, 0.2) is 78.9 Å². The molecule has 1 saturated heterocycles. The van der Waals surface area contributed by atoms with Crippen molar-refractivity contribution in [2.45, 2.75) is 32.0 Å². The third-order valence-electron chi connectivity index (χ3n) is 5.43. The highest BCUT2D eigenvalue weighted by Gasteiger charge is 2.17. The lowest BCUT2D eigenvalue weighted by Gasteiger charge is -2.29. The Bertz CT molecular complexity index is 904. The molecule has 4 nitrogen and oxygen atoms in total. The molecule has 0 amide bonds. The summed E-state index contributed by atoms with van der Waals surface area (Å²) < 4.78 is 12.1. The van der Waals surface area contributed by atoms with Gasteiger partial charge in [0, 0.05) is 26.2 Å². The molecule has 156 valence electrons. The summed E-state index contributed by atoms with van der Waals surface area (Å²) in [5.74, 6) is 2.68. The van der Waals surface area contributed by atoms with E-state index in [0.717, 1.165) is 56.3 Å². The summed E-state index contributed by atoms with van der Waals surface area (Å²) in [6.07, 6.45) is 2.53. The van der Waals surface area contributed by atoms with Gasteiger partial charge in [-0.3, -0.25) is 0 Å². The van der Waals surface area contributed by atoms with Crippen LogP contribution < -0.4 is 14.8 Å². The molecule has 1 heterocycles. The van der Waals surface area contributed by atoms with Gasteiger partial charge in [-0.15, -0.1) is 0 Å². The lowest BCUT2D eigenvalue weighted by molar-refractivity contribution is 0.114. The van der Waals surface area contributed by atoms with E-state index in [2.05, 4.69) is 53.7 Å². The van der Waals surface area contributed by atoms with Crippen molar-refractivity contribution >= 4 is 0 Å². The highest BCUT2D eigenvalue weighted by atomic mass is 16.5. The Hall–Kier alpha value is -2.82. The van der Waals surface area contributed by atoms with Gasteiger partial charge in [-0.1, -0.05) is 42.5 Å². The maximum absolute atomic E-state index is 6.20. The van der Waals surface area contributed by atoms with Crippen molar-refractivity contribution in [3.05, 3.63) is 90.0 Å². The van der Waals surface area contributed by atoms with Crippen molar-refractivity contribution < 1.29 is 9.47 Å². The number of likely N-dealkylation sites (tertiary alicyclic amines) is 1. The molecule has 3 aromatic rings. The van der Waals surface area contributed by atoms with Crippen molar-refractivity contribution in [1.29, 1.82) is 0 Å². The summed E-state index contributed by atoms with van der Waals surface area (Å²) in [5, 5.41) is 3.52. The van der Waals surface area contributed by atoms with Crippen molar-refractivity contribution in [3.63, 3.8) is 0 Å². The Labute approximate surface area is 179 Å². The molecule has 1 aliphatic heterocycles. The Balaban J connectivity index is 1.24. The Morgan fingerprint density at radius 1 is 0.767 bits per heavy atom. The van der Waals surface area contributed by atoms with Crippen LogP contribution in [-0.4, -0.2) is 31.1 Å². The fourth-order valence-corrected chi connectivity index (χ4v) is 3.68. The van der Waals surface area contributed by atoms with Gasteiger partial charge in [-0.05, 0) is 67.4 Å². The average molecular weight is 403 g/mol. The number of hydrogen-bond acceptors (Lipinski definition) is 4. The maximum Gasteiger partial charge on any atom is 0.127 e. The van der Waals surface area contributed by atoms with Crippen molar-refractivity contribution in [2.24, 2.45) is 0 Å². The zero-order valence-corrected chi connectivity index (χ0v) is 17.6. The number of nitrogens with zero attached hydrogens (tertiary/aromatic N) is 1. The topological polar surface area (TPSA) is 33.7 Å². The van der Waals surface area contributed by atoms with E-state index < -0.39 is 0 Å². The second-order valence-corrected chi connectivity index (χ2v) is 7.93. The van der Waals surface area contributed by atoms with E-state index in [1.54, 1.807) is 0 Å². The predicted molar refractivity (Wildman–Crippen MR) is 121 cm³/mol. The van der Waals surface area contributed by atoms with Crippen LogP contribution in [0.25, 0.3) is 0 Å². The first kappa shape index (κ1) is 20.5. The van der Waals surface area contributed by atoms with E-state index in [9.17, 15) is 0 Å². The second-order valence-electron chi connectivity index (χ2n) is 7.93. The standard InChI is InChI=1S/C26H30N2O2/c1-28-16-14-25(15-17-28)30-26-9-5-6-22(18-26)20-27-19-21-10-12-24(13-11-21)29-23-7-3-2-4-8-23/h2-13,18,25,27H,14-17,19-20H2,1H3. The third kappa shape index (κ3) is 6.09. The third-order valence-corrected chi connectivity index (χ3v) is 5.43. The van der Waals surface area contributed by atoms with E-state index in [4.69, 9.17) is 9.47 Å². The van der Waals surface area contributed by atoms with Crippen molar-refractivity contribution in [1.82, 2.24) is 10.2 Å². The van der Waals surface area contributed by atoms with Gasteiger partial charge in [-0.2, -0.15) is 0 Å². The fourth-order valence-electron chi connectivity index (χ4n) is 3.68. The minimum atomic E-state index is 0.334. The quantitative estimate of drug-likeness (QED) is 0.559. The number of nitrogens with one attached hydrogen (secondary N) is 1. The molecular formula is C26H30N2O2. The molecule has 0 saturated carbocycles. The van der Waals surface area contributed by atoms with Gasteiger partial charge in [0.25, 0.3) is 0 Å². The van der Waals surface area contributed by atoms with Crippen molar-refractivity contribution in [2.75, 3.05) is 20.1 Å². The van der Waals surface area contributed by atoms with E-state index in [1.165, 1.54) is 11.1 Å². The Morgan fingerprint density at radius 2 is 1.43 bits per heavy atom. The average Bonchev–Trinajstić information content (AvgIpc) is 2.78. The summed E-state index contributed by atoms with van der Waals surface area (Å²) in [4.78, 5) is 2.36. The zero-order valence-electron chi connectivity index (χ0n) is 17.6. The molecule has 4 rings (SSSR count). The number of benzene rings is 3. The van der Waals surface area contributed by atoms with E-state index in [1.807, 2.05) is 42.5 Å². The molecule has 1 aliphatic rings. The van der Waals surface area contributed by atoms with Crippen LogP contribution in [0.3, 0.4) is 0 Å². The molecule has 0 spiro atoms. The van der Waals surface area contributed by atoms with E-state index in [-0.39, 0.29) is 0 Å². The molecule has 0 atom stereocenters. The summed E-state index contributed by atoms with van der Waals surface area (Å²) in [6, 6.07) is 26.5. The molecule has 4 heteroatoms. The maximum atomic E-state index is 6.20. The smallest absolute Gasteiger partial charge is 0.127 e. The summed E-state index contributed by atoms with van der Waals surface area (Å²) in [6.45, 7) is 3.85. The number of para-hydroxylation sites is 1. The summed E-state index contributed by atoms with van der Waals surface area (Å²) in [5.41, 5.74) is 2.47. The monoisotopic (exact) mass is 402 g/mol. The number of piperidine rings is 1. The molecule has 0 radical (unpaired) electrons. The lowest BCUT2D eigenvalue weighted by Crippen LogP contribution is -2.35. The van der Waals surface area contributed by atoms with Crippen molar-refractivity contribution in [3.8, 4) is 17.2 Å². The molecular weight excluding hydrogens is 372 g/mol. The predicted octanol–water partition coefficient (Wildman–Crippen LogP) is 5.24. The molecule has 0 unspecified atom stereocenters. The molecule has 30 heavy (non-hydrogen) atoms. The van der Waals surface area contributed by atoms with E-state index >= 15 is 0 Å². The lowest BCUT2D eigenvalue weighted by atomic mass is 10.1. The molecule has 1 N–H and O–H groups in total. The highest BCUT2D eigenvalue weighted by molar-refractivity contribution is 5.33. The first-order chi connectivity index (χ1) is 14.7. The van der Waals surface area contributed by atoms with Gasteiger partial charge in [0.2, 0.25) is 0 Å². The molecule has 1 fully saturated rings. The highest BCUT2D eigenvalue weighted by Crippen LogP contribution is 2.22. The second kappa shape index (κ2) is 10.3. The van der Waals surface area contributed by atoms with Crippen LogP contribution in [0.4, 0.5) is 0 Å². The van der Waals surface area contributed by atoms with Crippen LogP contribution >= 0.6 is 0 Å². The SMILES string of the molecule is CN1CCC(Oc2cccc(CNCc3ccc(Oc4ccccc4)cc3)c2)CC1. The number of ether oxygens (including phenoxy) is 2. The first-order valence-electron chi connectivity index (χ1n) is 10.7. The fraction of sp³-hybridized carbons (Fsp3) is 0.308. The molecule has 0 aromatic heterocycles. The zero-order chi connectivity index (χ0) is 20.6. The van der Waals surface area contributed by atoms with Crippen LogP contribution in [0, 0.1) is 0 Å². The van der Waals surface area contributed by atoms with Crippen LogP contribution in [0.1, 0.15) is 24.0 Å². The van der Waals surface area contributed by atoms with Crippen LogP contribution in [0.5, 0.6) is 17.2 Å². The summed E-state index contributed by atoms with van der Waals surface area (Å²) >= 11 is 0. The Kier molecular flexibility index (Phi) is 7.01. The van der Waals surface area contributed by atoms with Gasteiger partial charge < -0.3 is 19.7 Å². The molecule has 3 aromatic carbocycles.